The second-order valence-electron chi connectivity index (χ2n) is 7.70. The van der Waals surface area contributed by atoms with Crippen LogP contribution >= 0.6 is 15.9 Å². The van der Waals surface area contributed by atoms with Crippen LogP contribution < -0.4 is 4.74 Å². The highest BCUT2D eigenvalue weighted by Gasteiger charge is 2.42. The maximum Gasteiger partial charge on any atom is 0.195 e. The molecule has 6 heteroatoms. The summed E-state index contributed by atoms with van der Waals surface area (Å²) in [5.41, 5.74) is 3.43. The van der Waals surface area contributed by atoms with Gasteiger partial charge in [0, 0.05) is 26.5 Å². The van der Waals surface area contributed by atoms with Gasteiger partial charge in [0.05, 0.1) is 37.4 Å². The molecule has 0 unspecified atom stereocenters. The Morgan fingerprint density at radius 3 is 2.64 bits per heavy atom. The minimum atomic E-state index is -0.920. The third-order valence-electron chi connectivity index (χ3n) is 5.59. The first-order valence-corrected chi connectivity index (χ1v) is 9.93. The van der Waals surface area contributed by atoms with Crippen LogP contribution in [0.25, 0.3) is 10.9 Å². The van der Waals surface area contributed by atoms with Gasteiger partial charge in [-0.25, -0.2) is 0 Å². The van der Waals surface area contributed by atoms with E-state index < -0.39 is 11.5 Å². The molecule has 2 aromatic carbocycles. The molecular formula is C22H22BrNO4. The molecular weight excluding hydrogens is 422 g/mol. The highest BCUT2D eigenvalue weighted by Crippen LogP contribution is 2.46. The van der Waals surface area contributed by atoms with E-state index in [0.717, 1.165) is 26.6 Å². The fraction of sp³-hybridized carbons (Fsp3) is 0.318. The Morgan fingerprint density at radius 2 is 1.96 bits per heavy atom. The number of ether oxygens (including phenoxy) is 1. The Bertz CT molecular complexity index is 1100. The smallest absolute Gasteiger partial charge is 0.195 e. The van der Waals surface area contributed by atoms with E-state index >= 15 is 0 Å². The number of aliphatic hydroxyl groups excluding tert-OH is 2. The van der Waals surface area contributed by atoms with Crippen molar-refractivity contribution >= 4 is 32.6 Å². The number of aromatic nitrogens is 1. The largest absolute Gasteiger partial charge is 0.497 e. The van der Waals surface area contributed by atoms with Gasteiger partial charge in [-0.2, -0.15) is 0 Å². The number of hydrogen-bond acceptors (Lipinski definition) is 4. The number of fused-ring (bicyclic) bond motifs is 4. The molecule has 1 aromatic heterocycles. The van der Waals surface area contributed by atoms with Gasteiger partial charge in [0.25, 0.3) is 0 Å². The summed E-state index contributed by atoms with van der Waals surface area (Å²) in [6.45, 7) is 4.01. The van der Waals surface area contributed by atoms with Crippen LogP contribution in [0.3, 0.4) is 0 Å². The van der Waals surface area contributed by atoms with Crippen LogP contribution in [0, 0.1) is 0 Å². The molecule has 1 aliphatic carbocycles. The van der Waals surface area contributed by atoms with Crippen molar-refractivity contribution in [1.82, 2.24) is 4.57 Å². The highest BCUT2D eigenvalue weighted by molar-refractivity contribution is 9.10. The SMILES string of the molecule is COc1ccc2c(c1)C(C)(C)c1c(c3ccc(Br)cc3n1C[C@H](O)CO)C2=O. The van der Waals surface area contributed by atoms with Crippen molar-refractivity contribution in [2.45, 2.75) is 31.9 Å². The van der Waals surface area contributed by atoms with E-state index in [9.17, 15) is 15.0 Å². The number of nitrogens with zero attached hydrogens (tertiary/aromatic N) is 1. The third kappa shape index (κ3) is 2.70. The minimum Gasteiger partial charge on any atom is -0.497 e. The van der Waals surface area contributed by atoms with Crippen molar-refractivity contribution < 1.29 is 19.7 Å². The van der Waals surface area contributed by atoms with Gasteiger partial charge in [0.2, 0.25) is 0 Å². The summed E-state index contributed by atoms with van der Waals surface area (Å²) >= 11 is 3.51. The van der Waals surface area contributed by atoms with Gasteiger partial charge >= 0.3 is 0 Å². The molecule has 1 atom stereocenters. The summed E-state index contributed by atoms with van der Waals surface area (Å²) in [6.07, 6.45) is -0.920. The van der Waals surface area contributed by atoms with Crippen LogP contribution in [0.5, 0.6) is 5.75 Å². The number of halogens is 1. The average Bonchev–Trinajstić information content (AvgIpc) is 3.00. The summed E-state index contributed by atoms with van der Waals surface area (Å²) in [5.74, 6) is 0.667. The molecule has 5 nitrogen and oxygen atoms in total. The second kappa shape index (κ2) is 6.72. The number of methoxy groups -OCH3 is 1. The Morgan fingerprint density at radius 1 is 1.21 bits per heavy atom. The summed E-state index contributed by atoms with van der Waals surface area (Å²) in [5, 5.41) is 20.5. The minimum absolute atomic E-state index is 0.0310. The normalized spacial score (nSPS) is 16.0. The first-order valence-electron chi connectivity index (χ1n) is 9.14. The van der Waals surface area contributed by atoms with E-state index in [1.165, 1.54) is 0 Å². The van der Waals surface area contributed by atoms with Gasteiger partial charge in [-0.15, -0.1) is 0 Å². The van der Waals surface area contributed by atoms with Gasteiger partial charge in [0.1, 0.15) is 5.75 Å². The summed E-state index contributed by atoms with van der Waals surface area (Å²) in [6, 6.07) is 11.3. The van der Waals surface area contributed by atoms with Crippen molar-refractivity contribution in [3.05, 3.63) is 63.3 Å². The van der Waals surface area contributed by atoms with E-state index in [-0.39, 0.29) is 18.9 Å². The summed E-state index contributed by atoms with van der Waals surface area (Å²) in [7, 11) is 1.61. The molecule has 0 spiro atoms. The van der Waals surface area contributed by atoms with E-state index in [2.05, 4.69) is 29.8 Å². The van der Waals surface area contributed by atoms with Crippen LogP contribution in [0.15, 0.2) is 40.9 Å². The van der Waals surface area contributed by atoms with Gasteiger partial charge in [-0.3, -0.25) is 4.79 Å². The number of aliphatic hydroxyl groups is 2. The van der Waals surface area contributed by atoms with Gasteiger partial charge in [-0.05, 0) is 35.9 Å². The van der Waals surface area contributed by atoms with Crippen molar-refractivity contribution in [3.63, 3.8) is 0 Å². The van der Waals surface area contributed by atoms with Crippen LogP contribution in [0.1, 0.15) is 41.0 Å². The Hall–Kier alpha value is -2.15. The lowest BCUT2D eigenvalue weighted by Crippen LogP contribution is -2.34. The molecule has 28 heavy (non-hydrogen) atoms. The molecule has 0 fully saturated rings. The lowest BCUT2D eigenvalue weighted by atomic mass is 9.71. The molecule has 1 aliphatic rings. The van der Waals surface area contributed by atoms with E-state index in [1.807, 2.05) is 41.0 Å². The fourth-order valence-corrected chi connectivity index (χ4v) is 4.64. The zero-order valence-corrected chi connectivity index (χ0v) is 17.6. The van der Waals surface area contributed by atoms with Gasteiger partial charge < -0.3 is 19.5 Å². The van der Waals surface area contributed by atoms with Crippen molar-refractivity contribution in [3.8, 4) is 5.75 Å². The zero-order valence-electron chi connectivity index (χ0n) is 16.0. The molecule has 0 aliphatic heterocycles. The molecule has 0 radical (unpaired) electrons. The van der Waals surface area contributed by atoms with E-state index in [4.69, 9.17) is 4.74 Å². The van der Waals surface area contributed by atoms with Crippen molar-refractivity contribution in [2.75, 3.05) is 13.7 Å². The molecule has 4 rings (SSSR count). The Kier molecular flexibility index (Phi) is 4.61. The molecule has 0 saturated carbocycles. The van der Waals surface area contributed by atoms with Crippen LogP contribution in [-0.4, -0.2) is 40.4 Å². The molecule has 0 bridgehead atoms. The predicted molar refractivity (Wildman–Crippen MR) is 111 cm³/mol. The molecule has 0 saturated heterocycles. The molecule has 1 heterocycles. The lowest BCUT2D eigenvalue weighted by molar-refractivity contribution is 0.0808. The summed E-state index contributed by atoms with van der Waals surface area (Å²) < 4.78 is 8.24. The van der Waals surface area contributed by atoms with E-state index in [1.54, 1.807) is 7.11 Å². The van der Waals surface area contributed by atoms with Crippen LogP contribution in [0.2, 0.25) is 0 Å². The zero-order chi connectivity index (χ0) is 20.2. The van der Waals surface area contributed by atoms with Crippen molar-refractivity contribution in [1.29, 1.82) is 0 Å². The maximum absolute atomic E-state index is 13.5. The molecule has 146 valence electrons. The first kappa shape index (κ1) is 19.2. The predicted octanol–water partition coefficient (Wildman–Crippen LogP) is 3.64. The first-order chi connectivity index (χ1) is 13.3. The number of ketones is 1. The number of carbonyl (C=O) groups excluding carboxylic acids is 1. The van der Waals surface area contributed by atoms with Crippen molar-refractivity contribution in [2.24, 2.45) is 0 Å². The Labute approximate surface area is 171 Å². The topological polar surface area (TPSA) is 71.7 Å². The van der Waals surface area contributed by atoms with E-state index in [0.29, 0.717) is 16.9 Å². The number of hydrogen-bond donors (Lipinski definition) is 2. The standard InChI is InChI=1S/C22H22BrNO4/c1-22(2)17-9-14(28-3)5-7-15(17)20(27)19-16-6-4-12(23)8-18(16)24(21(19)22)10-13(26)11-25/h4-9,13,25-26H,10-11H2,1-3H3/t13-/m0/s1. The van der Waals surface area contributed by atoms with Gasteiger partial charge in [-0.1, -0.05) is 35.8 Å². The molecule has 0 amide bonds. The average molecular weight is 444 g/mol. The summed E-state index contributed by atoms with van der Waals surface area (Å²) in [4.78, 5) is 13.5. The third-order valence-corrected chi connectivity index (χ3v) is 6.09. The van der Waals surface area contributed by atoms with Crippen LogP contribution in [-0.2, 0) is 12.0 Å². The quantitative estimate of drug-likeness (QED) is 0.645. The highest BCUT2D eigenvalue weighted by atomic mass is 79.9. The fourth-order valence-electron chi connectivity index (χ4n) is 4.29. The van der Waals surface area contributed by atoms with Gasteiger partial charge in [0.15, 0.2) is 5.78 Å². The number of carbonyl (C=O) groups is 1. The molecule has 2 N–H and O–H groups in total. The number of benzene rings is 2. The lowest BCUT2D eigenvalue weighted by Gasteiger charge is -2.34. The number of rotatable bonds is 4. The second-order valence-corrected chi connectivity index (χ2v) is 8.61. The monoisotopic (exact) mass is 443 g/mol. The Balaban J connectivity index is 2.08. The maximum atomic E-state index is 13.5. The van der Waals surface area contributed by atoms with Crippen LogP contribution in [0.4, 0.5) is 0 Å². The molecule has 3 aromatic rings.